The molecule has 0 saturated carbocycles. The predicted octanol–water partition coefficient (Wildman–Crippen LogP) is 4.95. The van der Waals surface area contributed by atoms with E-state index in [4.69, 9.17) is 9.97 Å². The summed E-state index contributed by atoms with van der Waals surface area (Å²) in [6, 6.07) is 30.2. The molecule has 5 aromatic rings. The first-order chi connectivity index (χ1) is 16.4. The molecule has 0 atom stereocenters. The van der Waals surface area contributed by atoms with E-state index >= 15 is 0 Å². The van der Waals surface area contributed by atoms with Crippen LogP contribution in [0.1, 0.15) is 25.0 Å². The molecule has 1 aromatic heterocycles. The van der Waals surface area contributed by atoms with Gasteiger partial charge in [-0.05, 0) is 33.8 Å². The zero-order valence-corrected chi connectivity index (χ0v) is 19.0. The summed E-state index contributed by atoms with van der Waals surface area (Å²) >= 11 is 0. The summed E-state index contributed by atoms with van der Waals surface area (Å²) in [5.41, 5.74) is 8.57. The SMILES string of the molecule is CC1(C)c2cc(B(O)O)ccc2-c2cccc(-c3nc(-c4ccccc4)nc4ccccc34)c21. The normalized spacial score (nSPS) is 13.5. The first kappa shape index (κ1) is 20.8. The molecule has 6 rings (SSSR count). The molecule has 1 aliphatic rings. The molecule has 2 N–H and O–H groups in total. The van der Waals surface area contributed by atoms with Crippen molar-refractivity contribution in [2.75, 3.05) is 0 Å². The van der Waals surface area contributed by atoms with Gasteiger partial charge in [0.05, 0.1) is 11.2 Å². The first-order valence-corrected chi connectivity index (χ1v) is 11.4. The summed E-state index contributed by atoms with van der Waals surface area (Å²) in [6.45, 7) is 4.38. The fourth-order valence-corrected chi connectivity index (χ4v) is 5.25. The van der Waals surface area contributed by atoms with E-state index in [2.05, 4.69) is 38.1 Å². The third-order valence-electron chi connectivity index (χ3n) is 6.89. The van der Waals surface area contributed by atoms with Gasteiger partial charge in [0.2, 0.25) is 0 Å². The van der Waals surface area contributed by atoms with E-state index in [1.165, 1.54) is 5.56 Å². The van der Waals surface area contributed by atoms with E-state index in [1.807, 2.05) is 60.7 Å². The number of rotatable bonds is 3. The molecular weight excluding hydrogens is 419 g/mol. The maximum Gasteiger partial charge on any atom is 0.488 e. The second-order valence-electron chi connectivity index (χ2n) is 9.31. The Kier molecular flexibility index (Phi) is 4.66. The van der Waals surface area contributed by atoms with E-state index in [-0.39, 0.29) is 5.41 Å². The van der Waals surface area contributed by atoms with E-state index in [0.717, 1.165) is 44.4 Å². The molecule has 0 amide bonds. The van der Waals surface area contributed by atoms with Gasteiger partial charge >= 0.3 is 7.12 Å². The molecular formula is C29H23BN2O2. The Morgan fingerprint density at radius 2 is 1.44 bits per heavy atom. The van der Waals surface area contributed by atoms with Crippen LogP contribution in [-0.2, 0) is 5.41 Å². The molecule has 1 aliphatic carbocycles. The lowest BCUT2D eigenvalue weighted by Crippen LogP contribution is -2.31. The second-order valence-corrected chi connectivity index (χ2v) is 9.31. The zero-order chi connectivity index (χ0) is 23.4. The molecule has 0 spiro atoms. The maximum absolute atomic E-state index is 9.77. The number of hydrogen-bond acceptors (Lipinski definition) is 4. The van der Waals surface area contributed by atoms with Gasteiger partial charge < -0.3 is 10.0 Å². The Morgan fingerprint density at radius 3 is 2.24 bits per heavy atom. The van der Waals surface area contributed by atoms with Gasteiger partial charge in [-0.3, -0.25) is 0 Å². The van der Waals surface area contributed by atoms with Crippen LogP contribution >= 0.6 is 0 Å². The molecule has 5 heteroatoms. The van der Waals surface area contributed by atoms with E-state index < -0.39 is 7.12 Å². The Bertz CT molecular complexity index is 1560. The Morgan fingerprint density at radius 1 is 0.706 bits per heavy atom. The third-order valence-corrected chi connectivity index (χ3v) is 6.89. The molecule has 34 heavy (non-hydrogen) atoms. The van der Waals surface area contributed by atoms with Gasteiger partial charge in [0.25, 0.3) is 0 Å². The number of aromatic nitrogens is 2. The number of benzene rings is 4. The van der Waals surface area contributed by atoms with Crippen LogP contribution in [-0.4, -0.2) is 27.1 Å². The summed E-state index contributed by atoms with van der Waals surface area (Å²) < 4.78 is 0. The minimum atomic E-state index is -1.50. The highest BCUT2D eigenvalue weighted by atomic mass is 16.4. The van der Waals surface area contributed by atoms with Crippen LogP contribution in [0, 0.1) is 0 Å². The average molecular weight is 442 g/mol. The van der Waals surface area contributed by atoms with Crippen LogP contribution in [0.5, 0.6) is 0 Å². The number of nitrogens with zero attached hydrogens (tertiary/aromatic N) is 2. The van der Waals surface area contributed by atoms with Crippen LogP contribution < -0.4 is 5.46 Å². The minimum Gasteiger partial charge on any atom is -0.423 e. The first-order valence-electron chi connectivity index (χ1n) is 11.4. The van der Waals surface area contributed by atoms with E-state index in [1.54, 1.807) is 6.07 Å². The summed E-state index contributed by atoms with van der Waals surface area (Å²) in [7, 11) is -1.50. The lowest BCUT2D eigenvalue weighted by atomic mass is 9.74. The van der Waals surface area contributed by atoms with Crippen LogP contribution in [0.3, 0.4) is 0 Å². The highest BCUT2D eigenvalue weighted by Gasteiger charge is 2.38. The molecule has 0 unspecified atom stereocenters. The predicted molar refractivity (Wildman–Crippen MR) is 138 cm³/mol. The van der Waals surface area contributed by atoms with Crippen LogP contribution in [0.2, 0.25) is 0 Å². The highest BCUT2D eigenvalue weighted by molar-refractivity contribution is 6.58. The number of hydrogen-bond donors (Lipinski definition) is 2. The van der Waals surface area contributed by atoms with Crippen molar-refractivity contribution >= 4 is 23.5 Å². The van der Waals surface area contributed by atoms with E-state index in [0.29, 0.717) is 11.3 Å². The van der Waals surface area contributed by atoms with Gasteiger partial charge in [0.1, 0.15) is 0 Å². The third kappa shape index (κ3) is 3.09. The minimum absolute atomic E-state index is 0.342. The molecule has 0 fully saturated rings. The number of fused-ring (bicyclic) bond motifs is 4. The van der Waals surface area contributed by atoms with Crippen molar-refractivity contribution in [2.24, 2.45) is 0 Å². The molecule has 4 nitrogen and oxygen atoms in total. The second kappa shape index (κ2) is 7.62. The van der Waals surface area contributed by atoms with Gasteiger partial charge in [0.15, 0.2) is 5.82 Å². The molecule has 4 aromatic carbocycles. The van der Waals surface area contributed by atoms with Crippen LogP contribution in [0.25, 0.3) is 44.7 Å². The van der Waals surface area contributed by atoms with Crippen molar-refractivity contribution in [3.8, 4) is 33.8 Å². The fraction of sp³-hybridized carbons (Fsp3) is 0.103. The topological polar surface area (TPSA) is 66.2 Å². The van der Waals surface area contributed by atoms with Gasteiger partial charge in [-0.15, -0.1) is 0 Å². The van der Waals surface area contributed by atoms with Crippen LogP contribution in [0.4, 0.5) is 0 Å². The van der Waals surface area contributed by atoms with Gasteiger partial charge in [-0.2, -0.15) is 0 Å². The van der Waals surface area contributed by atoms with Crippen molar-refractivity contribution in [3.05, 3.63) is 102 Å². The lowest BCUT2D eigenvalue weighted by molar-refractivity contribution is 0.425. The largest absolute Gasteiger partial charge is 0.488 e. The standard InChI is InChI=1S/C29H23BN2O2/c1-29(2)24-17-19(30(33)34)15-16-20(24)21-12-8-13-23(26(21)29)27-22-11-6-7-14-25(22)31-28(32-27)18-9-4-3-5-10-18/h3-17,33-34H,1-2H3. The molecule has 0 saturated heterocycles. The summed E-state index contributed by atoms with van der Waals surface area (Å²) in [5.74, 6) is 0.700. The van der Waals surface area contributed by atoms with Crippen molar-refractivity contribution in [3.63, 3.8) is 0 Å². The molecule has 164 valence electrons. The Balaban J connectivity index is 1.64. The quantitative estimate of drug-likeness (QED) is 0.388. The molecule has 0 aliphatic heterocycles. The molecule has 0 bridgehead atoms. The number of para-hydroxylation sites is 1. The van der Waals surface area contributed by atoms with Crippen molar-refractivity contribution in [1.29, 1.82) is 0 Å². The maximum atomic E-state index is 9.77. The summed E-state index contributed by atoms with van der Waals surface area (Å²) in [4.78, 5) is 9.97. The van der Waals surface area contributed by atoms with E-state index in [9.17, 15) is 10.0 Å². The average Bonchev–Trinajstić information content (AvgIpc) is 3.10. The molecule has 0 radical (unpaired) electrons. The fourth-order valence-electron chi connectivity index (χ4n) is 5.25. The Labute approximate surface area is 198 Å². The van der Waals surface area contributed by atoms with Gasteiger partial charge in [0, 0.05) is 21.9 Å². The van der Waals surface area contributed by atoms with Crippen molar-refractivity contribution < 1.29 is 10.0 Å². The zero-order valence-electron chi connectivity index (χ0n) is 19.0. The van der Waals surface area contributed by atoms with Gasteiger partial charge in [-0.1, -0.05) is 98.8 Å². The van der Waals surface area contributed by atoms with Crippen molar-refractivity contribution in [1.82, 2.24) is 9.97 Å². The summed E-state index contributed by atoms with van der Waals surface area (Å²) in [5, 5.41) is 20.5. The Hall–Kier alpha value is -3.80. The summed E-state index contributed by atoms with van der Waals surface area (Å²) in [6.07, 6.45) is 0. The van der Waals surface area contributed by atoms with Crippen LogP contribution in [0.15, 0.2) is 91.0 Å². The monoisotopic (exact) mass is 442 g/mol. The van der Waals surface area contributed by atoms with Gasteiger partial charge in [-0.25, -0.2) is 9.97 Å². The highest BCUT2D eigenvalue weighted by Crippen LogP contribution is 2.52. The smallest absolute Gasteiger partial charge is 0.423 e. The van der Waals surface area contributed by atoms with Crippen molar-refractivity contribution in [2.45, 2.75) is 19.3 Å². The lowest BCUT2D eigenvalue weighted by Gasteiger charge is -2.25. The molecule has 1 heterocycles.